The van der Waals surface area contributed by atoms with Gasteiger partial charge < -0.3 is 9.88 Å². The van der Waals surface area contributed by atoms with Crippen molar-refractivity contribution in [3.05, 3.63) is 42.5 Å². The van der Waals surface area contributed by atoms with Gasteiger partial charge in [0.1, 0.15) is 0 Å². The molecule has 2 aromatic carbocycles. The molecular weight excluding hydrogens is 360 g/mol. The summed E-state index contributed by atoms with van der Waals surface area (Å²) in [4.78, 5) is 24.2. The van der Waals surface area contributed by atoms with Crippen LogP contribution in [-0.4, -0.2) is 33.6 Å². The molecule has 0 unspecified atom stereocenters. The van der Waals surface area contributed by atoms with Gasteiger partial charge in [-0.3, -0.25) is 9.59 Å². The Balaban J connectivity index is 1.57. The molecule has 1 aromatic heterocycles. The Hall–Kier alpha value is -2.80. The number of hydrazone groups is 1. The molecule has 1 saturated heterocycles. The number of carbonyl (C=O) groups is 2. The van der Waals surface area contributed by atoms with Gasteiger partial charge in [-0.15, -0.1) is 0 Å². The number of rotatable bonds is 3. The third kappa shape index (κ3) is 3.42. The van der Waals surface area contributed by atoms with Crippen LogP contribution in [0.4, 0.5) is 5.69 Å². The maximum Gasteiger partial charge on any atom is 0.329 e. The van der Waals surface area contributed by atoms with Gasteiger partial charge in [-0.2, -0.15) is 16.9 Å². The van der Waals surface area contributed by atoms with Crippen molar-refractivity contribution < 1.29 is 9.59 Å². The van der Waals surface area contributed by atoms with E-state index in [9.17, 15) is 9.59 Å². The second-order valence-electron chi connectivity index (χ2n) is 6.37. The number of thioether (sulfide) groups is 1. The Bertz CT molecular complexity index is 1060. The van der Waals surface area contributed by atoms with Crippen molar-refractivity contribution in [1.29, 1.82) is 0 Å². The van der Waals surface area contributed by atoms with Gasteiger partial charge in [0.2, 0.25) is 0 Å². The molecule has 2 amide bonds. The molecule has 2 heterocycles. The van der Waals surface area contributed by atoms with Gasteiger partial charge >= 0.3 is 11.8 Å². The van der Waals surface area contributed by atoms with Gasteiger partial charge in [-0.05, 0) is 43.4 Å². The molecule has 1 fully saturated rings. The van der Waals surface area contributed by atoms with E-state index in [1.165, 1.54) is 0 Å². The second-order valence-corrected chi connectivity index (χ2v) is 7.47. The lowest BCUT2D eigenvalue weighted by atomic mass is 10.1. The quantitative estimate of drug-likeness (QED) is 0.540. The monoisotopic (exact) mass is 380 g/mol. The summed E-state index contributed by atoms with van der Waals surface area (Å²) in [5, 5.41) is 8.86. The number of para-hydroxylation sites is 1. The van der Waals surface area contributed by atoms with Gasteiger partial charge in [-0.25, -0.2) is 5.43 Å². The Morgan fingerprint density at radius 3 is 2.70 bits per heavy atom. The molecule has 1 aliphatic heterocycles. The van der Waals surface area contributed by atoms with E-state index < -0.39 is 11.8 Å². The Morgan fingerprint density at radius 2 is 1.93 bits per heavy atom. The van der Waals surface area contributed by atoms with E-state index in [4.69, 9.17) is 0 Å². The molecule has 138 valence electrons. The number of nitrogens with zero attached hydrogens (tertiary/aromatic N) is 2. The molecule has 1 aliphatic rings. The van der Waals surface area contributed by atoms with E-state index in [-0.39, 0.29) is 0 Å². The summed E-state index contributed by atoms with van der Waals surface area (Å²) in [6.45, 7) is 2.97. The number of benzene rings is 2. The van der Waals surface area contributed by atoms with Crippen molar-refractivity contribution in [3.8, 4) is 0 Å². The zero-order chi connectivity index (χ0) is 18.8. The molecule has 0 atom stereocenters. The van der Waals surface area contributed by atoms with Crippen LogP contribution in [-0.2, 0) is 16.1 Å². The Labute approximate surface area is 161 Å². The van der Waals surface area contributed by atoms with Gasteiger partial charge in [0.15, 0.2) is 0 Å². The van der Waals surface area contributed by atoms with E-state index in [0.29, 0.717) is 5.69 Å². The zero-order valence-electron chi connectivity index (χ0n) is 15.0. The highest BCUT2D eigenvalue weighted by atomic mass is 32.2. The molecule has 6 nitrogen and oxygen atoms in total. The summed E-state index contributed by atoms with van der Waals surface area (Å²) >= 11 is 1.77. The minimum absolute atomic E-state index is 0.589. The number of hydrogen-bond acceptors (Lipinski definition) is 4. The molecule has 0 saturated carbocycles. The SMILES string of the molecule is CCn1c2ccccc2c2cc(NC(=O)C(=O)N/N=C3\CCSC3)ccc21. The summed E-state index contributed by atoms with van der Waals surface area (Å²) in [6, 6.07) is 13.9. The van der Waals surface area contributed by atoms with Gasteiger partial charge in [0, 0.05) is 45.5 Å². The molecule has 7 heteroatoms. The van der Waals surface area contributed by atoms with Crippen LogP contribution in [0.3, 0.4) is 0 Å². The van der Waals surface area contributed by atoms with E-state index in [1.54, 1.807) is 11.8 Å². The fourth-order valence-electron chi connectivity index (χ4n) is 3.38. The van der Waals surface area contributed by atoms with E-state index in [2.05, 4.69) is 39.5 Å². The Morgan fingerprint density at radius 1 is 1.11 bits per heavy atom. The van der Waals surface area contributed by atoms with Crippen LogP contribution in [0.2, 0.25) is 0 Å². The largest absolute Gasteiger partial charge is 0.341 e. The van der Waals surface area contributed by atoms with E-state index in [1.807, 2.05) is 30.3 Å². The average molecular weight is 380 g/mol. The summed E-state index contributed by atoms with van der Waals surface area (Å²) in [7, 11) is 0. The van der Waals surface area contributed by atoms with Crippen LogP contribution < -0.4 is 10.7 Å². The third-order valence-corrected chi connectivity index (χ3v) is 5.70. The molecule has 4 rings (SSSR count). The molecule has 0 radical (unpaired) electrons. The normalized spacial score (nSPS) is 15.5. The number of carbonyl (C=O) groups excluding carboxylic acids is 2. The van der Waals surface area contributed by atoms with Crippen molar-refractivity contribution in [2.24, 2.45) is 5.10 Å². The topological polar surface area (TPSA) is 75.5 Å². The predicted molar refractivity (Wildman–Crippen MR) is 111 cm³/mol. The minimum atomic E-state index is -0.754. The first-order valence-corrected chi connectivity index (χ1v) is 10.1. The number of nitrogens with one attached hydrogen (secondary N) is 2. The lowest BCUT2D eigenvalue weighted by Gasteiger charge is -2.06. The average Bonchev–Trinajstić information content (AvgIpc) is 3.31. The summed E-state index contributed by atoms with van der Waals surface area (Å²) in [6.07, 6.45) is 0.852. The van der Waals surface area contributed by atoms with Gasteiger partial charge in [0.25, 0.3) is 0 Å². The first-order valence-electron chi connectivity index (χ1n) is 8.93. The summed E-state index contributed by atoms with van der Waals surface area (Å²) in [5.74, 6) is 0.339. The highest BCUT2D eigenvalue weighted by Crippen LogP contribution is 2.30. The van der Waals surface area contributed by atoms with Gasteiger partial charge in [-0.1, -0.05) is 18.2 Å². The van der Waals surface area contributed by atoms with Crippen LogP contribution in [0.25, 0.3) is 21.8 Å². The molecule has 0 aliphatic carbocycles. The van der Waals surface area contributed by atoms with Crippen LogP contribution >= 0.6 is 11.8 Å². The number of amides is 2. The first-order chi connectivity index (χ1) is 13.2. The standard InChI is InChI=1S/C20H20N4O2S/c1-2-24-17-6-4-3-5-15(17)16-11-13(7-8-18(16)24)21-19(25)20(26)23-22-14-9-10-27-12-14/h3-8,11H,2,9-10,12H2,1H3,(H,21,25)(H,23,26)/b22-14+. The Kier molecular flexibility index (Phi) is 4.85. The number of hydrogen-bond donors (Lipinski definition) is 2. The zero-order valence-corrected chi connectivity index (χ0v) is 15.8. The predicted octanol–water partition coefficient (Wildman–Crippen LogP) is 3.36. The highest BCUT2D eigenvalue weighted by molar-refractivity contribution is 8.00. The van der Waals surface area contributed by atoms with E-state index in [0.717, 1.165) is 52.0 Å². The van der Waals surface area contributed by atoms with Crippen LogP contribution in [0, 0.1) is 0 Å². The molecular formula is C20H20N4O2S. The van der Waals surface area contributed by atoms with Crippen molar-refractivity contribution >= 4 is 56.8 Å². The molecule has 27 heavy (non-hydrogen) atoms. The van der Waals surface area contributed by atoms with Crippen LogP contribution in [0.15, 0.2) is 47.6 Å². The molecule has 0 spiro atoms. The highest BCUT2D eigenvalue weighted by Gasteiger charge is 2.16. The van der Waals surface area contributed by atoms with Crippen molar-refractivity contribution in [2.45, 2.75) is 19.9 Å². The lowest BCUT2D eigenvalue weighted by molar-refractivity contribution is -0.136. The first kappa shape index (κ1) is 17.6. The molecule has 3 aromatic rings. The smallest absolute Gasteiger partial charge is 0.329 e. The fourth-order valence-corrected chi connectivity index (χ4v) is 4.35. The maximum absolute atomic E-state index is 12.2. The van der Waals surface area contributed by atoms with Crippen molar-refractivity contribution in [1.82, 2.24) is 9.99 Å². The fraction of sp³-hybridized carbons (Fsp3) is 0.250. The number of fused-ring (bicyclic) bond motifs is 3. The summed E-state index contributed by atoms with van der Waals surface area (Å²) < 4.78 is 2.23. The van der Waals surface area contributed by atoms with Crippen molar-refractivity contribution in [2.75, 3.05) is 16.8 Å². The molecule has 0 bridgehead atoms. The summed E-state index contributed by atoms with van der Waals surface area (Å²) in [5.41, 5.74) is 6.10. The number of aryl methyl sites for hydroxylation is 1. The van der Waals surface area contributed by atoms with E-state index >= 15 is 0 Å². The second kappa shape index (κ2) is 7.44. The maximum atomic E-state index is 12.2. The third-order valence-electron chi connectivity index (χ3n) is 4.67. The van der Waals surface area contributed by atoms with Gasteiger partial charge in [0.05, 0.1) is 0 Å². The lowest BCUT2D eigenvalue weighted by Crippen LogP contribution is -2.33. The minimum Gasteiger partial charge on any atom is -0.341 e. The van der Waals surface area contributed by atoms with Crippen LogP contribution in [0.1, 0.15) is 13.3 Å². The molecule has 2 N–H and O–H groups in total. The number of anilines is 1. The number of aromatic nitrogens is 1. The van der Waals surface area contributed by atoms with Crippen LogP contribution in [0.5, 0.6) is 0 Å². The van der Waals surface area contributed by atoms with Crippen molar-refractivity contribution in [3.63, 3.8) is 0 Å².